The minimum absolute atomic E-state index is 0. The summed E-state index contributed by atoms with van der Waals surface area (Å²) in [5, 5.41) is 3.66. The van der Waals surface area contributed by atoms with Crippen molar-refractivity contribution >= 4 is 33.8 Å². The molecule has 0 aliphatic heterocycles. The van der Waals surface area contributed by atoms with Crippen molar-refractivity contribution in [3.05, 3.63) is 91.0 Å². The quantitative estimate of drug-likeness (QED) is 0.489. The van der Waals surface area contributed by atoms with Gasteiger partial charge in [-0.1, -0.05) is 0 Å². The average Bonchev–Trinajstić information content (AvgIpc) is 2.56. The fraction of sp³-hybridized carbons (Fsp3) is 0. The van der Waals surface area contributed by atoms with Gasteiger partial charge in [0.25, 0.3) is 0 Å². The Bertz CT molecular complexity index is 575. The minimum Gasteiger partial charge on any atom is 0 e. The van der Waals surface area contributed by atoms with Gasteiger partial charge in [0.05, 0.1) is 0 Å². The van der Waals surface area contributed by atoms with Crippen molar-refractivity contribution in [2.75, 3.05) is 0 Å². The van der Waals surface area contributed by atoms with Crippen LogP contribution in [0.1, 0.15) is 0 Å². The summed E-state index contributed by atoms with van der Waals surface area (Å²) >= 11 is 7.25. The third kappa shape index (κ3) is 3.27. The van der Waals surface area contributed by atoms with E-state index in [4.69, 9.17) is 11.2 Å². The molecule has 0 spiro atoms. The molecule has 0 radical (unpaired) electrons. The van der Waals surface area contributed by atoms with E-state index in [9.17, 15) is 0 Å². The van der Waals surface area contributed by atoms with Crippen LogP contribution in [0.15, 0.2) is 91.0 Å². The summed E-state index contributed by atoms with van der Waals surface area (Å²) in [4.78, 5) is 0. The average molecular weight is 364 g/mol. The normalized spacial score (nSPS) is 11.5. The molecule has 0 amide bonds. The summed E-state index contributed by atoms with van der Waals surface area (Å²) < 4.78 is 0. The molecule has 0 nitrogen and oxygen atoms in total. The fourth-order valence-corrected chi connectivity index (χ4v) is 6.59. The topological polar surface area (TPSA) is 0 Å². The van der Waals surface area contributed by atoms with E-state index in [0.29, 0.717) is 0 Å². The van der Waals surface area contributed by atoms with Gasteiger partial charge in [-0.25, -0.2) is 0 Å². The molecular formula is C18H16ClPZn. The Hall–Kier alpha value is -0.997. The summed E-state index contributed by atoms with van der Waals surface area (Å²) in [6.07, 6.45) is 0. The van der Waals surface area contributed by atoms with Crippen LogP contribution in [-0.2, 0) is 19.5 Å². The molecule has 0 fully saturated rings. The van der Waals surface area contributed by atoms with Gasteiger partial charge in [-0.3, -0.25) is 0 Å². The smallest absolute Gasteiger partial charge is 0 e. The number of halogens is 1. The van der Waals surface area contributed by atoms with Gasteiger partial charge in [-0.05, 0) is 0 Å². The Labute approximate surface area is 144 Å². The van der Waals surface area contributed by atoms with Crippen LogP contribution in [0.2, 0.25) is 0 Å². The van der Waals surface area contributed by atoms with Crippen molar-refractivity contribution in [2.45, 2.75) is 0 Å². The molecule has 3 aromatic rings. The Balaban J connectivity index is 0.00000161. The van der Waals surface area contributed by atoms with Crippen LogP contribution in [0.25, 0.3) is 0 Å². The first-order valence-corrected chi connectivity index (χ1v) is 9.68. The van der Waals surface area contributed by atoms with E-state index in [1.165, 1.54) is 15.9 Å². The zero-order chi connectivity index (χ0) is 13.8. The van der Waals surface area contributed by atoms with Crippen molar-refractivity contribution in [2.24, 2.45) is 0 Å². The Kier molecular flexibility index (Phi) is 5.71. The first kappa shape index (κ1) is 16.4. The molecule has 0 saturated carbocycles. The molecular weight excluding hydrogens is 348 g/mol. The van der Waals surface area contributed by atoms with Crippen LogP contribution < -0.4 is 15.9 Å². The molecule has 0 unspecified atom stereocenters. The molecule has 0 aromatic heterocycles. The van der Waals surface area contributed by atoms with Crippen LogP contribution in [0.5, 0.6) is 0 Å². The molecule has 0 aliphatic rings. The molecule has 0 atom stereocenters. The van der Waals surface area contributed by atoms with Crippen molar-refractivity contribution < 1.29 is 19.5 Å². The van der Waals surface area contributed by atoms with Crippen LogP contribution in [0.4, 0.5) is 0 Å². The van der Waals surface area contributed by atoms with E-state index in [-0.39, 0.29) is 19.5 Å². The molecule has 0 aliphatic carbocycles. The first-order valence-electron chi connectivity index (χ1n) is 6.67. The molecule has 3 aromatic carbocycles. The first-order chi connectivity index (χ1) is 9.82. The summed E-state index contributed by atoms with van der Waals surface area (Å²) in [5.41, 5.74) is 0. The monoisotopic (exact) mass is 362 g/mol. The molecule has 0 saturated heterocycles. The zero-order valence-electron chi connectivity index (χ0n) is 11.7. The standard InChI is InChI=1S/C18H16ClP.Zn/c19-20(16-10-4-1-5-11-16,17-12-6-2-7-13-17)18-14-8-3-9-15-18;/h1-15,20H;. The largest absolute Gasteiger partial charge is 0 e. The second kappa shape index (κ2) is 7.32. The van der Waals surface area contributed by atoms with Crippen LogP contribution >= 0.6 is 17.9 Å². The molecule has 0 bridgehead atoms. The predicted molar refractivity (Wildman–Crippen MR) is 92.4 cm³/mol. The second-order valence-electron chi connectivity index (χ2n) is 4.76. The molecule has 21 heavy (non-hydrogen) atoms. The maximum Gasteiger partial charge on any atom is 0 e. The molecule has 3 rings (SSSR count). The van der Waals surface area contributed by atoms with Gasteiger partial charge in [0.1, 0.15) is 0 Å². The van der Waals surface area contributed by atoms with Crippen LogP contribution in [0, 0.1) is 0 Å². The maximum atomic E-state index is 7.25. The molecule has 0 N–H and O–H groups in total. The van der Waals surface area contributed by atoms with Crippen LogP contribution in [0.3, 0.4) is 0 Å². The van der Waals surface area contributed by atoms with Gasteiger partial charge in [0, 0.05) is 19.5 Å². The molecule has 3 heteroatoms. The van der Waals surface area contributed by atoms with E-state index in [0.717, 1.165) is 0 Å². The van der Waals surface area contributed by atoms with E-state index in [2.05, 4.69) is 72.8 Å². The number of hydrogen-bond acceptors (Lipinski definition) is 0. The minimum atomic E-state index is -2.41. The van der Waals surface area contributed by atoms with Crippen molar-refractivity contribution in [1.29, 1.82) is 0 Å². The fourth-order valence-electron chi connectivity index (χ4n) is 2.50. The van der Waals surface area contributed by atoms with E-state index in [1.807, 2.05) is 18.2 Å². The third-order valence-electron chi connectivity index (χ3n) is 3.51. The Morgan fingerprint density at radius 2 is 0.714 bits per heavy atom. The number of hydrogen-bond donors (Lipinski definition) is 0. The van der Waals surface area contributed by atoms with Crippen LogP contribution in [-0.4, -0.2) is 0 Å². The predicted octanol–water partition coefficient (Wildman–Crippen LogP) is 3.86. The molecule has 0 heterocycles. The zero-order valence-corrected chi connectivity index (χ0v) is 16.5. The summed E-state index contributed by atoms with van der Waals surface area (Å²) in [6, 6.07) is 31.3. The van der Waals surface area contributed by atoms with E-state index < -0.39 is 6.62 Å². The Morgan fingerprint density at radius 3 is 0.952 bits per heavy atom. The van der Waals surface area contributed by atoms with Gasteiger partial charge >= 0.3 is 125 Å². The number of benzene rings is 3. The van der Waals surface area contributed by atoms with E-state index >= 15 is 0 Å². The van der Waals surface area contributed by atoms with Gasteiger partial charge < -0.3 is 0 Å². The second-order valence-corrected chi connectivity index (χ2v) is 9.51. The van der Waals surface area contributed by atoms with Crippen molar-refractivity contribution in [3.8, 4) is 0 Å². The summed E-state index contributed by atoms with van der Waals surface area (Å²) in [5.74, 6) is 0. The van der Waals surface area contributed by atoms with Crippen molar-refractivity contribution in [3.63, 3.8) is 0 Å². The van der Waals surface area contributed by atoms with Gasteiger partial charge in [0.15, 0.2) is 0 Å². The molecule has 102 valence electrons. The maximum absolute atomic E-state index is 7.25. The van der Waals surface area contributed by atoms with Gasteiger partial charge in [0.2, 0.25) is 0 Å². The third-order valence-corrected chi connectivity index (χ3v) is 8.87. The van der Waals surface area contributed by atoms with Gasteiger partial charge in [-0.2, -0.15) is 0 Å². The van der Waals surface area contributed by atoms with Gasteiger partial charge in [-0.15, -0.1) is 0 Å². The number of rotatable bonds is 3. The summed E-state index contributed by atoms with van der Waals surface area (Å²) in [6.45, 7) is -2.41. The Morgan fingerprint density at radius 1 is 0.476 bits per heavy atom. The van der Waals surface area contributed by atoms with E-state index in [1.54, 1.807) is 0 Å². The SMILES string of the molecule is Cl[PH](c1ccccc1)(c1ccccc1)c1ccccc1.[Zn]. The van der Waals surface area contributed by atoms with Crippen molar-refractivity contribution in [1.82, 2.24) is 0 Å². The summed E-state index contributed by atoms with van der Waals surface area (Å²) in [7, 11) is 0.